The molecule has 170 valence electrons. The molecule has 0 aliphatic carbocycles. The summed E-state index contributed by atoms with van der Waals surface area (Å²) in [6.07, 6.45) is -7.30. The van der Waals surface area contributed by atoms with E-state index in [1.54, 1.807) is 12.1 Å². The normalized spacial score (nSPS) is 24.6. The molecule has 0 unspecified atom stereocenters. The van der Waals surface area contributed by atoms with Crippen molar-refractivity contribution in [1.82, 2.24) is 5.32 Å². The minimum atomic E-state index is -4.52. The summed E-state index contributed by atoms with van der Waals surface area (Å²) in [5, 5.41) is 5.16. The number of nitrogens with one attached hydrogen (secondary N) is 2. The quantitative estimate of drug-likeness (QED) is 0.745. The topological polar surface area (TPSA) is 85.9 Å². The number of benzene rings is 2. The molecule has 2 aliphatic rings. The summed E-state index contributed by atoms with van der Waals surface area (Å²) in [7, 11) is 0. The minimum absolute atomic E-state index is 0.0439. The van der Waals surface area contributed by atoms with Crippen molar-refractivity contribution in [2.45, 2.75) is 37.5 Å². The van der Waals surface area contributed by atoms with Crippen LogP contribution in [0.4, 0.5) is 23.7 Å². The Morgan fingerprint density at radius 3 is 2.47 bits per heavy atom. The molecule has 2 aromatic carbocycles. The fourth-order valence-corrected chi connectivity index (χ4v) is 3.70. The maximum atomic E-state index is 12.8. The zero-order chi connectivity index (χ0) is 22.9. The van der Waals surface area contributed by atoms with Gasteiger partial charge in [-0.1, -0.05) is 23.8 Å². The van der Waals surface area contributed by atoms with E-state index in [0.29, 0.717) is 5.56 Å². The first-order chi connectivity index (χ1) is 15.2. The Balaban J connectivity index is 1.32. The molecule has 2 aromatic rings. The Morgan fingerprint density at radius 2 is 1.75 bits per heavy atom. The number of hydrogen-bond donors (Lipinski definition) is 2. The van der Waals surface area contributed by atoms with Crippen LogP contribution < -0.4 is 10.6 Å². The molecule has 0 aromatic heterocycles. The van der Waals surface area contributed by atoms with Gasteiger partial charge < -0.3 is 19.5 Å². The predicted molar refractivity (Wildman–Crippen MR) is 107 cm³/mol. The van der Waals surface area contributed by atoms with Gasteiger partial charge in [-0.15, -0.1) is 0 Å². The van der Waals surface area contributed by atoms with Gasteiger partial charge in [-0.05, 0) is 37.3 Å². The Labute approximate surface area is 181 Å². The highest BCUT2D eigenvalue weighted by Gasteiger charge is 2.50. The number of anilines is 1. The monoisotopic (exact) mass is 450 g/mol. The number of amides is 2. The van der Waals surface area contributed by atoms with E-state index < -0.39 is 42.2 Å². The SMILES string of the molecule is Cc1ccc(C(=O)N[C@H]2CO[C@H]3[C@@H]2OC[C@H]3OC(=O)Nc2cccc(C(F)(F)F)c2)cc1. The van der Waals surface area contributed by atoms with Gasteiger partial charge in [0.15, 0.2) is 6.10 Å². The second-order valence-electron chi connectivity index (χ2n) is 7.69. The fraction of sp³-hybridized carbons (Fsp3) is 0.364. The van der Waals surface area contributed by atoms with Crippen molar-refractivity contribution in [3.05, 3.63) is 65.2 Å². The zero-order valence-corrected chi connectivity index (χ0v) is 17.0. The molecule has 0 spiro atoms. The van der Waals surface area contributed by atoms with Gasteiger partial charge in [-0.2, -0.15) is 13.2 Å². The molecule has 10 heteroatoms. The van der Waals surface area contributed by atoms with Gasteiger partial charge in [0.2, 0.25) is 0 Å². The van der Waals surface area contributed by atoms with Crippen LogP contribution in [0.5, 0.6) is 0 Å². The van der Waals surface area contributed by atoms with Crippen molar-refractivity contribution in [2.24, 2.45) is 0 Å². The van der Waals surface area contributed by atoms with E-state index >= 15 is 0 Å². The standard InChI is InChI=1S/C22H21F3N2O5/c1-12-5-7-13(8-6-12)20(28)27-16-10-30-19-17(11-31-18(16)19)32-21(29)26-15-4-2-3-14(9-15)22(23,24)25/h2-9,16-19H,10-11H2,1H3,(H,26,29)(H,27,28)/t16-,17+,18+,19+/m0/s1. The minimum Gasteiger partial charge on any atom is -0.441 e. The van der Waals surface area contributed by atoms with Crippen molar-refractivity contribution in [3.8, 4) is 0 Å². The van der Waals surface area contributed by atoms with Gasteiger partial charge in [0.05, 0.1) is 24.8 Å². The largest absolute Gasteiger partial charge is 0.441 e. The number of carbonyl (C=O) groups is 2. The Morgan fingerprint density at radius 1 is 1.03 bits per heavy atom. The van der Waals surface area contributed by atoms with Gasteiger partial charge in [0.25, 0.3) is 5.91 Å². The average molecular weight is 450 g/mol. The highest BCUT2D eigenvalue weighted by molar-refractivity contribution is 5.94. The van der Waals surface area contributed by atoms with Crippen molar-refractivity contribution >= 4 is 17.7 Å². The zero-order valence-electron chi connectivity index (χ0n) is 17.0. The van der Waals surface area contributed by atoms with Crippen LogP contribution in [0, 0.1) is 6.92 Å². The molecule has 0 radical (unpaired) electrons. The third kappa shape index (κ3) is 4.86. The molecule has 2 aliphatic heterocycles. The number of aryl methyl sites for hydroxylation is 1. The van der Waals surface area contributed by atoms with E-state index in [1.807, 2.05) is 19.1 Å². The fourth-order valence-electron chi connectivity index (χ4n) is 3.70. The van der Waals surface area contributed by atoms with Crippen molar-refractivity contribution in [2.75, 3.05) is 18.5 Å². The third-order valence-corrected chi connectivity index (χ3v) is 5.33. The second kappa shape index (κ2) is 8.79. The van der Waals surface area contributed by atoms with Gasteiger partial charge in [0, 0.05) is 11.3 Å². The number of ether oxygens (including phenoxy) is 3. The lowest BCUT2D eigenvalue weighted by Crippen LogP contribution is -2.44. The molecule has 7 nitrogen and oxygen atoms in total. The van der Waals surface area contributed by atoms with Crippen LogP contribution in [-0.2, 0) is 20.4 Å². The maximum absolute atomic E-state index is 12.8. The lowest BCUT2D eigenvalue weighted by molar-refractivity contribution is -0.137. The lowest BCUT2D eigenvalue weighted by Gasteiger charge is -2.18. The van der Waals surface area contributed by atoms with Crippen LogP contribution in [0.15, 0.2) is 48.5 Å². The first kappa shape index (κ1) is 22.1. The summed E-state index contributed by atoms with van der Waals surface area (Å²) < 4.78 is 55.1. The number of fused-ring (bicyclic) bond motifs is 1. The first-order valence-electron chi connectivity index (χ1n) is 9.96. The average Bonchev–Trinajstić information content (AvgIpc) is 3.31. The van der Waals surface area contributed by atoms with Crippen LogP contribution in [0.25, 0.3) is 0 Å². The summed E-state index contributed by atoms with van der Waals surface area (Å²) in [5.41, 5.74) is 0.611. The number of carbonyl (C=O) groups excluding carboxylic acids is 2. The van der Waals surface area contributed by atoms with Crippen molar-refractivity contribution in [1.29, 1.82) is 0 Å². The highest BCUT2D eigenvalue weighted by atomic mass is 19.4. The second-order valence-corrected chi connectivity index (χ2v) is 7.69. The summed E-state index contributed by atoms with van der Waals surface area (Å²) in [4.78, 5) is 24.7. The first-order valence-corrected chi connectivity index (χ1v) is 9.96. The summed E-state index contributed by atoms with van der Waals surface area (Å²) in [6, 6.07) is 10.9. The highest BCUT2D eigenvalue weighted by Crippen LogP contribution is 2.31. The van der Waals surface area contributed by atoms with Crippen molar-refractivity contribution in [3.63, 3.8) is 0 Å². The van der Waals surface area contributed by atoms with E-state index in [9.17, 15) is 22.8 Å². The third-order valence-electron chi connectivity index (χ3n) is 5.33. The molecule has 4 rings (SSSR count). The van der Waals surface area contributed by atoms with Gasteiger partial charge in [-0.25, -0.2) is 4.79 Å². The molecule has 0 saturated carbocycles. The van der Waals surface area contributed by atoms with E-state index in [0.717, 1.165) is 17.7 Å². The van der Waals surface area contributed by atoms with Crippen molar-refractivity contribution < 1.29 is 37.0 Å². The molecule has 4 atom stereocenters. The predicted octanol–water partition coefficient (Wildman–Crippen LogP) is 3.53. The molecule has 2 fully saturated rings. The maximum Gasteiger partial charge on any atom is 0.416 e. The summed E-state index contributed by atoms with van der Waals surface area (Å²) in [5.74, 6) is -0.269. The number of alkyl halides is 3. The molecular weight excluding hydrogens is 429 g/mol. The number of halogens is 3. The number of rotatable bonds is 4. The van der Waals surface area contributed by atoms with Crippen LogP contribution in [0.2, 0.25) is 0 Å². The van der Waals surface area contributed by atoms with Crippen LogP contribution in [0.3, 0.4) is 0 Å². The molecule has 2 heterocycles. The Kier molecular flexibility index (Phi) is 6.07. The van der Waals surface area contributed by atoms with E-state index in [2.05, 4.69) is 10.6 Å². The number of hydrogen-bond acceptors (Lipinski definition) is 5. The van der Waals surface area contributed by atoms with Crippen LogP contribution >= 0.6 is 0 Å². The van der Waals surface area contributed by atoms with Gasteiger partial charge >= 0.3 is 12.3 Å². The molecule has 2 amide bonds. The lowest BCUT2D eigenvalue weighted by atomic mass is 10.1. The van der Waals surface area contributed by atoms with Gasteiger partial charge in [0.1, 0.15) is 12.2 Å². The molecule has 2 saturated heterocycles. The molecular formula is C22H21F3N2O5. The van der Waals surface area contributed by atoms with Crippen LogP contribution in [-0.4, -0.2) is 49.6 Å². The van der Waals surface area contributed by atoms with Crippen LogP contribution in [0.1, 0.15) is 21.5 Å². The Bertz CT molecular complexity index is 996. The summed E-state index contributed by atoms with van der Waals surface area (Å²) >= 11 is 0. The molecule has 0 bridgehead atoms. The van der Waals surface area contributed by atoms with E-state index in [1.165, 1.54) is 12.1 Å². The van der Waals surface area contributed by atoms with E-state index in [-0.39, 0.29) is 24.8 Å². The summed E-state index contributed by atoms with van der Waals surface area (Å²) in [6.45, 7) is 2.15. The smallest absolute Gasteiger partial charge is 0.416 e. The molecule has 32 heavy (non-hydrogen) atoms. The van der Waals surface area contributed by atoms with E-state index in [4.69, 9.17) is 14.2 Å². The van der Waals surface area contributed by atoms with Gasteiger partial charge in [-0.3, -0.25) is 10.1 Å². The Hall–Kier alpha value is -3.11. The molecule has 2 N–H and O–H groups in total.